The first kappa shape index (κ1) is 15.3. The van der Waals surface area contributed by atoms with Gasteiger partial charge in [0.05, 0.1) is 4.90 Å². The van der Waals surface area contributed by atoms with Gasteiger partial charge in [-0.25, -0.2) is 13.1 Å². The highest BCUT2D eigenvalue weighted by atomic mass is 32.2. The number of aromatic hydroxyl groups is 1. The number of nitrogens with one attached hydrogen (secondary N) is 2. The molecule has 2 aromatic rings. The first-order valence-corrected chi connectivity index (χ1v) is 7.84. The van der Waals surface area contributed by atoms with Crippen LogP contribution in [0.25, 0.3) is 0 Å². The average molecular weight is 307 g/mol. The van der Waals surface area contributed by atoms with Crippen molar-refractivity contribution in [3.05, 3.63) is 54.1 Å². The molecule has 5 N–H and O–H groups in total. The molecule has 21 heavy (non-hydrogen) atoms. The lowest BCUT2D eigenvalue weighted by Gasteiger charge is -2.08. The maximum absolute atomic E-state index is 12.1. The second-order valence-electron chi connectivity index (χ2n) is 4.48. The Kier molecular flexibility index (Phi) is 4.79. The Labute approximate surface area is 123 Å². The van der Waals surface area contributed by atoms with Crippen molar-refractivity contribution < 1.29 is 13.5 Å². The molecule has 0 aliphatic heterocycles. The molecule has 0 fully saturated rings. The second-order valence-corrected chi connectivity index (χ2v) is 6.25. The van der Waals surface area contributed by atoms with Crippen LogP contribution in [0.15, 0.2) is 53.4 Å². The molecule has 0 aliphatic rings. The van der Waals surface area contributed by atoms with Crippen LogP contribution in [0.1, 0.15) is 5.56 Å². The van der Waals surface area contributed by atoms with Gasteiger partial charge in [0.2, 0.25) is 10.0 Å². The summed E-state index contributed by atoms with van der Waals surface area (Å²) in [5, 5.41) is 9.18. The Morgan fingerprint density at radius 3 is 2.19 bits per heavy atom. The molecule has 0 heterocycles. The number of benzene rings is 2. The van der Waals surface area contributed by atoms with E-state index in [2.05, 4.69) is 10.1 Å². The van der Waals surface area contributed by atoms with E-state index in [0.29, 0.717) is 12.1 Å². The highest BCUT2D eigenvalue weighted by Crippen LogP contribution is 2.13. The van der Waals surface area contributed by atoms with E-state index in [1.165, 1.54) is 12.1 Å². The van der Waals surface area contributed by atoms with Crippen molar-refractivity contribution in [1.29, 1.82) is 0 Å². The van der Waals surface area contributed by atoms with Gasteiger partial charge in [0.25, 0.3) is 0 Å². The number of hydrogen-bond acceptors (Lipinski definition) is 5. The van der Waals surface area contributed by atoms with E-state index in [1.54, 1.807) is 36.4 Å². The molecule has 0 spiro atoms. The van der Waals surface area contributed by atoms with E-state index in [9.17, 15) is 13.5 Å². The zero-order chi connectivity index (χ0) is 15.3. The second kappa shape index (κ2) is 6.57. The van der Waals surface area contributed by atoms with Crippen LogP contribution in [0.2, 0.25) is 0 Å². The zero-order valence-corrected chi connectivity index (χ0v) is 12.1. The summed E-state index contributed by atoms with van der Waals surface area (Å²) in [5.74, 6) is 5.42. The monoisotopic (exact) mass is 307 g/mol. The summed E-state index contributed by atoms with van der Waals surface area (Å²) in [6.07, 6.45) is 0.544. The molecule has 0 aliphatic carbocycles. The topological polar surface area (TPSA) is 104 Å². The van der Waals surface area contributed by atoms with Crippen molar-refractivity contribution in [2.24, 2.45) is 5.84 Å². The fourth-order valence-corrected chi connectivity index (χ4v) is 2.84. The maximum atomic E-state index is 12.1. The summed E-state index contributed by atoms with van der Waals surface area (Å²) >= 11 is 0. The first-order chi connectivity index (χ1) is 10.0. The van der Waals surface area contributed by atoms with Gasteiger partial charge >= 0.3 is 0 Å². The van der Waals surface area contributed by atoms with Crippen LogP contribution >= 0.6 is 0 Å². The number of nitrogen functional groups attached to an aromatic ring is 1. The van der Waals surface area contributed by atoms with Crippen LogP contribution < -0.4 is 16.0 Å². The van der Waals surface area contributed by atoms with Gasteiger partial charge in [0.1, 0.15) is 5.75 Å². The van der Waals surface area contributed by atoms with E-state index in [1.807, 2.05) is 0 Å². The van der Waals surface area contributed by atoms with Gasteiger partial charge in [-0.2, -0.15) is 0 Å². The number of nitrogens with two attached hydrogens (primary N) is 1. The third-order valence-electron chi connectivity index (χ3n) is 2.97. The normalized spacial score (nSPS) is 11.3. The minimum atomic E-state index is -3.53. The molecule has 0 saturated carbocycles. The van der Waals surface area contributed by atoms with Crippen molar-refractivity contribution in [3.8, 4) is 5.75 Å². The number of rotatable bonds is 6. The fraction of sp³-hybridized carbons (Fsp3) is 0.143. The Morgan fingerprint density at radius 1 is 1.00 bits per heavy atom. The van der Waals surface area contributed by atoms with Gasteiger partial charge < -0.3 is 10.5 Å². The predicted octanol–water partition coefficient (Wildman–Crippen LogP) is 1.20. The van der Waals surface area contributed by atoms with Crippen LogP contribution in [0, 0.1) is 0 Å². The van der Waals surface area contributed by atoms with E-state index in [-0.39, 0.29) is 17.2 Å². The average Bonchev–Trinajstić information content (AvgIpc) is 2.49. The van der Waals surface area contributed by atoms with Crippen molar-refractivity contribution in [1.82, 2.24) is 4.72 Å². The number of hydrogen-bond donors (Lipinski definition) is 4. The summed E-state index contributed by atoms with van der Waals surface area (Å²) in [6, 6.07) is 12.8. The van der Waals surface area contributed by atoms with E-state index in [0.717, 1.165) is 5.56 Å². The van der Waals surface area contributed by atoms with Crippen LogP contribution in [-0.4, -0.2) is 20.1 Å². The number of phenols is 1. The molecule has 0 bridgehead atoms. The van der Waals surface area contributed by atoms with Crippen molar-refractivity contribution >= 4 is 15.7 Å². The van der Waals surface area contributed by atoms with Crippen molar-refractivity contribution in [3.63, 3.8) is 0 Å². The Hall–Kier alpha value is -2.09. The predicted molar refractivity (Wildman–Crippen MR) is 81.3 cm³/mol. The van der Waals surface area contributed by atoms with Crippen molar-refractivity contribution in [2.75, 3.05) is 12.0 Å². The Bertz CT molecular complexity index is 682. The molecule has 112 valence electrons. The lowest BCUT2D eigenvalue weighted by molar-refractivity contribution is 0.475. The van der Waals surface area contributed by atoms with Crippen LogP contribution in [0.4, 0.5) is 5.69 Å². The summed E-state index contributed by atoms with van der Waals surface area (Å²) in [7, 11) is -3.53. The fourth-order valence-electron chi connectivity index (χ4n) is 1.81. The molecule has 7 heteroatoms. The lowest BCUT2D eigenvalue weighted by Crippen LogP contribution is -2.26. The molecular formula is C14H17N3O3S. The molecule has 0 aromatic heterocycles. The highest BCUT2D eigenvalue weighted by molar-refractivity contribution is 7.89. The van der Waals surface area contributed by atoms with Gasteiger partial charge in [-0.1, -0.05) is 12.1 Å². The minimum absolute atomic E-state index is 0.187. The highest BCUT2D eigenvalue weighted by Gasteiger charge is 2.12. The Morgan fingerprint density at radius 2 is 1.62 bits per heavy atom. The lowest BCUT2D eigenvalue weighted by atomic mass is 10.1. The number of sulfonamides is 1. The molecule has 2 aromatic carbocycles. The number of anilines is 1. The third kappa shape index (κ3) is 4.19. The SMILES string of the molecule is NNc1ccc(S(=O)(=O)NCCc2ccc(O)cc2)cc1. The molecule has 0 atom stereocenters. The van der Waals surface area contributed by atoms with Crippen LogP contribution in [0.5, 0.6) is 5.75 Å². The van der Waals surface area contributed by atoms with Gasteiger partial charge in [-0.3, -0.25) is 5.84 Å². The number of phenolic OH excluding ortho intramolecular Hbond substituents is 1. The molecule has 0 saturated heterocycles. The largest absolute Gasteiger partial charge is 0.508 e. The smallest absolute Gasteiger partial charge is 0.240 e. The number of hydrazine groups is 1. The molecule has 0 amide bonds. The first-order valence-electron chi connectivity index (χ1n) is 6.35. The minimum Gasteiger partial charge on any atom is -0.508 e. The summed E-state index contributed by atoms with van der Waals surface area (Å²) in [4.78, 5) is 0.187. The van der Waals surface area contributed by atoms with E-state index < -0.39 is 10.0 Å². The maximum Gasteiger partial charge on any atom is 0.240 e. The van der Waals surface area contributed by atoms with Gasteiger partial charge in [0, 0.05) is 12.2 Å². The van der Waals surface area contributed by atoms with Gasteiger partial charge in [0.15, 0.2) is 0 Å². The van der Waals surface area contributed by atoms with Gasteiger partial charge in [-0.15, -0.1) is 0 Å². The quantitative estimate of drug-likeness (QED) is 0.474. The van der Waals surface area contributed by atoms with E-state index in [4.69, 9.17) is 5.84 Å². The summed E-state index contributed by atoms with van der Waals surface area (Å²) < 4.78 is 26.7. The van der Waals surface area contributed by atoms with Crippen molar-refractivity contribution in [2.45, 2.75) is 11.3 Å². The molecule has 0 unspecified atom stereocenters. The van der Waals surface area contributed by atoms with E-state index >= 15 is 0 Å². The third-order valence-corrected chi connectivity index (χ3v) is 4.45. The molecule has 0 radical (unpaired) electrons. The summed E-state index contributed by atoms with van der Waals surface area (Å²) in [5.41, 5.74) is 4.02. The summed E-state index contributed by atoms with van der Waals surface area (Å²) in [6.45, 7) is 0.282. The molecular weight excluding hydrogens is 290 g/mol. The van der Waals surface area contributed by atoms with Gasteiger partial charge in [-0.05, 0) is 48.4 Å². The molecule has 2 rings (SSSR count). The Balaban J connectivity index is 1.95. The standard InChI is InChI=1S/C14H17N3O3S/c15-17-12-3-7-14(8-4-12)21(19,20)16-10-9-11-1-5-13(18)6-2-11/h1-8,16-18H,9-10,15H2. The van der Waals surface area contributed by atoms with Crippen LogP contribution in [0.3, 0.4) is 0 Å². The molecule has 6 nitrogen and oxygen atoms in total. The zero-order valence-electron chi connectivity index (χ0n) is 11.3. The van der Waals surface area contributed by atoms with Crippen LogP contribution in [-0.2, 0) is 16.4 Å².